The van der Waals surface area contributed by atoms with Gasteiger partial charge in [0.1, 0.15) is 29.6 Å². The number of pyridine rings is 4. The van der Waals surface area contributed by atoms with Crippen LogP contribution in [-0.4, -0.2) is 109 Å². The molecule has 1 unspecified atom stereocenters. The summed E-state index contributed by atoms with van der Waals surface area (Å²) in [5.41, 5.74) is 7.36. The zero-order chi connectivity index (χ0) is 46.3. The van der Waals surface area contributed by atoms with E-state index in [4.69, 9.17) is 43.4 Å². The number of benzene rings is 1. The summed E-state index contributed by atoms with van der Waals surface area (Å²) in [6.45, 7) is 9.38. The number of nitrogens with zero attached hydrogens (tertiary/aromatic N) is 11. The molecule has 12 rings (SSSR count). The third kappa shape index (κ3) is 8.75. The second-order valence-electron chi connectivity index (χ2n) is 18.9. The minimum Gasteiger partial charge on any atom is -0.474 e. The number of fused-ring (bicyclic) bond motifs is 2. The van der Waals surface area contributed by atoms with E-state index in [0.717, 1.165) is 144 Å². The highest BCUT2D eigenvalue weighted by Crippen LogP contribution is 2.46. The standard InChI is InChI=1S/C53H57N11O5/c1-34-50(35(2)69-60-34)37-26-42-45(56-31-37)29-48(61-18-22-65-23-19-61)59-53(42)68-47-13-10-39(64-17-15-55-33-64)27-44(47)51-41(36-6-4-3-5-7-36)28-43-46(57-51)30-49(62-20-24-66-25-21-62)58-52(43)67-40-11-8-38(9-12-40)63-16-14-54-32-63/h3-7,14-17,26,28-33,38-40,44,47H,8-13,18-25,27H2,1-2H3/t38-,39-,40+,44?,47+/m0/s1. The molecule has 69 heavy (non-hydrogen) atoms. The fourth-order valence-corrected chi connectivity index (χ4v) is 11.0. The SMILES string of the molecule is Cc1noc(C)c1-c1cnc2cc(N3CCOCC3)nc(O[C@@H]3CC[C@H](n4ccnc4)CC3c3nc4cc(N5CCOCC5)nc(O[C@H]5CC[C@@H](n6ccnc6)CC5)c4cc3-c3ccccc3)c2c1. The molecule has 4 fully saturated rings. The summed E-state index contributed by atoms with van der Waals surface area (Å²) in [6, 6.07) is 19.8. The van der Waals surface area contributed by atoms with E-state index >= 15 is 0 Å². The van der Waals surface area contributed by atoms with E-state index < -0.39 is 0 Å². The second kappa shape index (κ2) is 18.9. The topological polar surface area (TPSA) is 157 Å². The third-order valence-electron chi connectivity index (χ3n) is 14.7. The van der Waals surface area contributed by atoms with Crippen molar-refractivity contribution in [3.63, 3.8) is 0 Å². The number of imidazole rings is 2. The van der Waals surface area contributed by atoms with E-state index in [9.17, 15) is 0 Å². The molecule has 0 radical (unpaired) electrons. The molecule has 0 spiro atoms. The van der Waals surface area contributed by atoms with Gasteiger partial charge in [0.2, 0.25) is 11.8 Å². The lowest BCUT2D eigenvalue weighted by Crippen LogP contribution is -2.37. The third-order valence-corrected chi connectivity index (χ3v) is 14.7. The maximum Gasteiger partial charge on any atom is 0.225 e. The smallest absolute Gasteiger partial charge is 0.225 e. The van der Waals surface area contributed by atoms with Crippen LogP contribution in [0.4, 0.5) is 11.6 Å². The molecule has 2 aliphatic heterocycles. The van der Waals surface area contributed by atoms with Gasteiger partial charge in [0.25, 0.3) is 0 Å². The van der Waals surface area contributed by atoms with Gasteiger partial charge in [-0.1, -0.05) is 35.5 Å². The van der Waals surface area contributed by atoms with Crippen molar-refractivity contribution < 1.29 is 23.5 Å². The van der Waals surface area contributed by atoms with Crippen LogP contribution >= 0.6 is 0 Å². The predicted octanol–water partition coefficient (Wildman–Crippen LogP) is 9.10. The molecule has 0 N–H and O–H groups in total. The highest BCUT2D eigenvalue weighted by atomic mass is 16.5. The van der Waals surface area contributed by atoms with Crippen LogP contribution in [0.5, 0.6) is 11.8 Å². The number of hydrogen-bond donors (Lipinski definition) is 0. The van der Waals surface area contributed by atoms with E-state index in [2.05, 4.69) is 101 Å². The average Bonchev–Trinajstić information content (AvgIpc) is 4.21. The molecule has 2 aliphatic carbocycles. The Hall–Kier alpha value is -6.91. The molecule has 2 saturated carbocycles. The Morgan fingerprint density at radius 3 is 1.93 bits per heavy atom. The van der Waals surface area contributed by atoms with Gasteiger partial charge in [-0.25, -0.2) is 9.97 Å². The Bertz CT molecular complexity index is 3010. The summed E-state index contributed by atoms with van der Waals surface area (Å²) in [5, 5.41) is 5.99. The number of ether oxygens (including phenoxy) is 4. The highest BCUT2D eigenvalue weighted by Gasteiger charge is 2.38. The molecule has 354 valence electrons. The Morgan fingerprint density at radius 2 is 1.28 bits per heavy atom. The van der Waals surface area contributed by atoms with Crippen LogP contribution < -0.4 is 19.3 Å². The number of hydrogen-bond acceptors (Lipinski definition) is 14. The van der Waals surface area contributed by atoms with Crippen molar-refractivity contribution in [3.05, 3.63) is 115 Å². The summed E-state index contributed by atoms with van der Waals surface area (Å²) in [6.07, 6.45) is 19.6. The lowest BCUT2D eigenvalue weighted by molar-refractivity contribution is 0.103. The van der Waals surface area contributed by atoms with Crippen molar-refractivity contribution in [2.24, 2.45) is 0 Å². The monoisotopic (exact) mass is 927 g/mol. The van der Waals surface area contributed by atoms with Gasteiger partial charge >= 0.3 is 0 Å². The largest absolute Gasteiger partial charge is 0.474 e. The van der Waals surface area contributed by atoms with Crippen LogP contribution in [0, 0.1) is 13.8 Å². The fraction of sp³-hybridized carbons (Fsp3) is 0.415. The molecule has 0 bridgehead atoms. The lowest BCUT2D eigenvalue weighted by Gasteiger charge is -2.37. The van der Waals surface area contributed by atoms with Crippen LogP contribution in [0.25, 0.3) is 44.1 Å². The molecule has 1 aromatic carbocycles. The number of morpholine rings is 2. The minimum absolute atomic E-state index is 0.0236. The molecule has 8 aromatic rings. The number of aromatic nitrogens is 9. The molecule has 7 aromatic heterocycles. The molecule has 9 heterocycles. The highest BCUT2D eigenvalue weighted by molar-refractivity contribution is 5.92. The van der Waals surface area contributed by atoms with E-state index in [1.807, 2.05) is 45.1 Å². The Balaban J connectivity index is 0.989. The summed E-state index contributed by atoms with van der Waals surface area (Å²) < 4.78 is 36.2. The zero-order valence-electron chi connectivity index (χ0n) is 39.2. The quantitative estimate of drug-likeness (QED) is 0.121. The van der Waals surface area contributed by atoms with E-state index in [0.29, 0.717) is 44.2 Å². The molecular weight excluding hydrogens is 871 g/mol. The zero-order valence-corrected chi connectivity index (χ0v) is 39.2. The Labute approximate surface area is 400 Å². The molecule has 16 nitrogen and oxygen atoms in total. The number of rotatable bonds is 11. The van der Waals surface area contributed by atoms with E-state index in [-0.39, 0.29) is 24.2 Å². The number of anilines is 2. The van der Waals surface area contributed by atoms with Crippen molar-refractivity contribution in [1.29, 1.82) is 0 Å². The molecular formula is C53H57N11O5. The molecule has 4 aliphatic rings. The van der Waals surface area contributed by atoms with E-state index in [1.165, 1.54) is 0 Å². The summed E-state index contributed by atoms with van der Waals surface area (Å²) in [4.78, 5) is 34.9. The van der Waals surface area contributed by atoms with Gasteiger partial charge in [0, 0.05) is 104 Å². The molecule has 0 amide bonds. The van der Waals surface area contributed by atoms with E-state index in [1.54, 1.807) is 0 Å². The van der Waals surface area contributed by atoms with Gasteiger partial charge in [-0.15, -0.1) is 0 Å². The van der Waals surface area contributed by atoms with Crippen molar-refractivity contribution in [2.45, 2.75) is 89.0 Å². The van der Waals surface area contributed by atoms with Crippen LogP contribution in [0.15, 0.2) is 103 Å². The second-order valence-corrected chi connectivity index (χ2v) is 18.9. The van der Waals surface area contributed by atoms with Crippen LogP contribution in [0.2, 0.25) is 0 Å². The van der Waals surface area contributed by atoms with Gasteiger partial charge < -0.3 is 42.4 Å². The maximum absolute atomic E-state index is 7.47. The van der Waals surface area contributed by atoms with Crippen LogP contribution in [0.1, 0.15) is 80.1 Å². The van der Waals surface area contributed by atoms with Crippen LogP contribution in [-0.2, 0) is 9.47 Å². The first-order chi connectivity index (χ1) is 34.0. The first kappa shape index (κ1) is 43.4. The fourth-order valence-electron chi connectivity index (χ4n) is 11.0. The van der Waals surface area contributed by atoms with Crippen LogP contribution in [0.3, 0.4) is 0 Å². The summed E-state index contributed by atoms with van der Waals surface area (Å²) in [5.74, 6) is 3.43. The predicted molar refractivity (Wildman–Crippen MR) is 262 cm³/mol. The average molecular weight is 928 g/mol. The molecule has 16 heteroatoms. The van der Waals surface area contributed by atoms with Crippen molar-refractivity contribution in [2.75, 3.05) is 62.4 Å². The van der Waals surface area contributed by atoms with Crippen molar-refractivity contribution in [1.82, 2.24) is 44.2 Å². The Morgan fingerprint density at radius 1 is 0.638 bits per heavy atom. The number of aryl methyl sites for hydroxylation is 2. The van der Waals surface area contributed by atoms with Crippen molar-refractivity contribution in [3.8, 4) is 34.0 Å². The minimum atomic E-state index is -0.294. The van der Waals surface area contributed by atoms with Gasteiger partial charge in [-0.2, -0.15) is 9.97 Å². The van der Waals surface area contributed by atoms with Crippen molar-refractivity contribution >= 4 is 33.4 Å². The normalized spacial score (nSPS) is 22.3. The maximum atomic E-state index is 7.47. The molecule has 3 atom stereocenters. The summed E-state index contributed by atoms with van der Waals surface area (Å²) in [7, 11) is 0. The van der Waals surface area contributed by atoms with Gasteiger partial charge in [-0.3, -0.25) is 9.97 Å². The first-order valence-electron chi connectivity index (χ1n) is 24.6. The lowest BCUT2D eigenvalue weighted by atomic mass is 9.78. The van der Waals surface area contributed by atoms with Gasteiger partial charge in [0.15, 0.2) is 0 Å². The summed E-state index contributed by atoms with van der Waals surface area (Å²) >= 11 is 0. The first-order valence-corrected chi connectivity index (χ1v) is 24.6. The molecule has 2 saturated heterocycles. The Kier molecular flexibility index (Phi) is 11.9. The van der Waals surface area contributed by atoms with Gasteiger partial charge in [-0.05, 0) is 76.5 Å². The van der Waals surface area contributed by atoms with Gasteiger partial charge in [0.05, 0.1) is 72.3 Å².